The Morgan fingerprint density at radius 1 is 1.42 bits per heavy atom. The van der Waals surface area contributed by atoms with Crippen LogP contribution in [0.4, 0.5) is 0 Å². The predicted octanol–water partition coefficient (Wildman–Crippen LogP) is 2.72. The summed E-state index contributed by atoms with van der Waals surface area (Å²) in [5.41, 5.74) is 0.752. The maximum absolute atomic E-state index is 9.47. The third kappa shape index (κ3) is 2.33. The van der Waals surface area contributed by atoms with Crippen molar-refractivity contribution in [2.45, 2.75) is 31.8 Å². The fourth-order valence-corrected chi connectivity index (χ4v) is 2.48. The van der Waals surface area contributed by atoms with E-state index in [1.165, 1.54) is 0 Å². The highest BCUT2D eigenvalue weighted by molar-refractivity contribution is 5.56. The van der Waals surface area contributed by atoms with Crippen LogP contribution >= 0.6 is 0 Å². The van der Waals surface area contributed by atoms with Gasteiger partial charge in [-0.15, -0.1) is 0 Å². The standard InChI is InChI=1S/C14H16N2O3/c1-2-12-11(6-7-18-12)14-15-13(16-19-14)9-4-3-5-10(17)8-9/h3-5,8,11-12,17H,2,6-7H2,1H3. The van der Waals surface area contributed by atoms with Crippen molar-refractivity contribution in [1.82, 2.24) is 10.1 Å². The van der Waals surface area contributed by atoms with Gasteiger partial charge in [0.2, 0.25) is 11.7 Å². The third-order valence-corrected chi connectivity index (χ3v) is 3.48. The van der Waals surface area contributed by atoms with Crippen molar-refractivity contribution in [2.24, 2.45) is 0 Å². The molecule has 5 nitrogen and oxygen atoms in total. The lowest BCUT2D eigenvalue weighted by Gasteiger charge is -2.11. The van der Waals surface area contributed by atoms with E-state index in [9.17, 15) is 5.11 Å². The van der Waals surface area contributed by atoms with Crippen molar-refractivity contribution in [3.8, 4) is 17.1 Å². The number of rotatable bonds is 3. The smallest absolute Gasteiger partial charge is 0.232 e. The summed E-state index contributed by atoms with van der Waals surface area (Å²) in [7, 11) is 0. The van der Waals surface area contributed by atoms with Crippen LogP contribution < -0.4 is 0 Å². The van der Waals surface area contributed by atoms with Crippen LogP contribution in [0.5, 0.6) is 5.75 Å². The monoisotopic (exact) mass is 260 g/mol. The van der Waals surface area contributed by atoms with E-state index in [4.69, 9.17) is 9.26 Å². The Labute approximate surface area is 111 Å². The molecule has 100 valence electrons. The molecule has 1 aliphatic rings. The first kappa shape index (κ1) is 12.2. The molecule has 2 aromatic rings. The van der Waals surface area contributed by atoms with E-state index in [2.05, 4.69) is 17.1 Å². The number of ether oxygens (including phenoxy) is 1. The summed E-state index contributed by atoms with van der Waals surface area (Å²) in [5.74, 6) is 1.51. The first-order valence-corrected chi connectivity index (χ1v) is 6.52. The van der Waals surface area contributed by atoms with Gasteiger partial charge in [0.05, 0.1) is 12.0 Å². The molecule has 1 aromatic heterocycles. The molecule has 1 fully saturated rings. The fourth-order valence-electron chi connectivity index (χ4n) is 2.48. The molecule has 2 heterocycles. The zero-order chi connectivity index (χ0) is 13.2. The number of benzene rings is 1. The zero-order valence-corrected chi connectivity index (χ0v) is 10.7. The molecule has 0 amide bonds. The lowest BCUT2D eigenvalue weighted by atomic mass is 10.00. The van der Waals surface area contributed by atoms with Crippen LogP contribution in [0.15, 0.2) is 28.8 Å². The van der Waals surface area contributed by atoms with Crippen molar-refractivity contribution in [3.63, 3.8) is 0 Å². The van der Waals surface area contributed by atoms with Gasteiger partial charge in [0.15, 0.2) is 0 Å². The van der Waals surface area contributed by atoms with E-state index in [1.54, 1.807) is 18.2 Å². The lowest BCUT2D eigenvalue weighted by molar-refractivity contribution is 0.0953. The SMILES string of the molecule is CCC1OCCC1c1nc(-c2cccc(O)c2)no1. The minimum atomic E-state index is 0.164. The van der Waals surface area contributed by atoms with Crippen LogP contribution in [0, 0.1) is 0 Å². The maximum atomic E-state index is 9.47. The third-order valence-electron chi connectivity index (χ3n) is 3.48. The topological polar surface area (TPSA) is 68.4 Å². The summed E-state index contributed by atoms with van der Waals surface area (Å²) >= 11 is 0. The van der Waals surface area contributed by atoms with E-state index in [-0.39, 0.29) is 17.8 Å². The Hall–Kier alpha value is -1.88. The fraction of sp³-hybridized carbons (Fsp3) is 0.429. The van der Waals surface area contributed by atoms with Crippen molar-refractivity contribution >= 4 is 0 Å². The van der Waals surface area contributed by atoms with Gasteiger partial charge in [-0.2, -0.15) is 4.98 Å². The van der Waals surface area contributed by atoms with E-state index < -0.39 is 0 Å². The second-order valence-electron chi connectivity index (χ2n) is 4.72. The zero-order valence-electron chi connectivity index (χ0n) is 10.7. The summed E-state index contributed by atoms with van der Waals surface area (Å²) in [6, 6.07) is 6.84. The second-order valence-corrected chi connectivity index (χ2v) is 4.72. The number of phenolic OH excluding ortho intramolecular Hbond substituents is 1. The van der Waals surface area contributed by atoms with Gasteiger partial charge in [0.25, 0.3) is 0 Å². The maximum Gasteiger partial charge on any atom is 0.232 e. The van der Waals surface area contributed by atoms with Gasteiger partial charge in [-0.05, 0) is 25.0 Å². The molecular formula is C14H16N2O3. The van der Waals surface area contributed by atoms with Gasteiger partial charge in [0, 0.05) is 12.2 Å². The molecule has 0 spiro atoms. The second kappa shape index (κ2) is 5.01. The molecular weight excluding hydrogens is 244 g/mol. The van der Waals surface area contributed by atoms with Gasteiger partial charge >= 0.3 is 0 Å². The number of hydrogen-bond donors (Lipinski definition) is 1. The van der Waals surface area contributed by atoms with Crippen LogP contribution in [-0.2, 0) is 4.74 Å². The number of phenols is 1. The molecule has 5 heteroatoms. The molecule has 19 heavy (non-hydrogen) atoms. The molecule has 3 rings (SSSR count). The Morgan fingerprint density at radius 2 is 2.32 bits per heavy atom. The quantitative estimate of drug-likeness (QED) is 0.919. The molecule has 0 aliphatic carbocycles. The minimum absolute atomic E-state index is 0.164. The number of aromatic hydroxyl groups is 1. The highest BCUT2D eigenvalue weighted by Gasteiger charge is 2.32. The normalized spacial score (nSPS) is 22.8. The summed E-state index contributed by atoms with van der Waals surface area (Å²) in [5, 5.41) is 13.5. The van der Waals surface area contributed by atoms with Crippen LogP contribution in [0.25, 0.3) is 11.4 Å². The highest BCUT2D eigenvalue weighted by Crippen LogP contribution is 2.33. The number of hydrogen-bond acceptors (Lipinski definition) is 5. The van der Waals surface area contributed by atoms with Crippen LogP contribution in [0.3, 0.4) is 0 Å². The van der Waals surface area contributed by atoms with Gasteiger partial charge in [-0.25, -0.2) is 0 Å². The van der Waals surface area contributed by atoms with E-state index >= 15 is 0 Å². The Bertz CT molecular complexity index is 567. The number of nitrogens with zero attached hydrogens (tertiary/aromatic N) is 2. The molecule has 1 aliphatic heterocycles. The Morgan fingerprint density at radius 3 is 3.11 bits per heavy atom. The van der Waals surface area contributed by atoms with Crippen molar-refractivity contribution in [3.05, 3.63) is 30.2 Å². The van der Waals surface area contributed by atoms with Crippen LogP contribution in [0.2, 0.25) is 0 Å². The minimum Gasteiger partial charge on any atom is -0.508 e. The van der Waals surface area contributed by atoms with Gasteiger partial charge in [0.1, 0.15) is 5.75 Å². The Balaban J connectivity index is 1.87. The molecule has 2 unspecified atom stereocenters. The summed E-state index contributed by atoms with van der Waals surface area (Å²) in [6.07, 6.45) is 2.02. The van der Waals surface area contributed by atoms with Crippen molar-refractivity contribution < 1.29 is 14.4 Å². The van der Waals surface area contributed by atoms with Gasteiger partial charge < -0.3 is 14.4 Å². The summed E-state index contributed by atoms with van der Waals surface area (Å²) in [4.78, 5) is 4.43. The summed E-state index contributed by atoms with van der Waals surface area (Å²) in [6.45, 7) is 2.84. The van der Waals surface area contributed by atoms with Gasteiger partial charge in [-0.3, -0.25) is 0 Å². The Kier molecular flexibility index (Phi) is 3.21. The van der Waals surface area contributed by atoms with Crippen LogP contribution in [-0.4, -0.2) is 28.0 Å². The lowest BCUT2D eigenvalue weighted by Crippen LogP contribution is -2.13. The largest absolute Gasteiger partial charge is 0.508 e. The molecule has 1 saturated heterocycles. The molecule has 0 bridgehead atoms. The average Bonchev–Trinajstić information content (AvgIpc) is 3.07. The molecule has 1 N–H and O–H groups in total. The van der Waals surface area contributed by atoms with Crippen molar-refractivity contribution in [2.75, 3.05) is 6.61 Å². The van der Waals surface area contributed by atoms with Crippen molar-refractivity contribution in [1.29, 1.82) is 0 Å². The van der Waals surface area contributed by atoms with E-state index in [0.717, 1.165) is 25.0 Å². The average molecular weight is 260 g/mol. The first-order chi connectivity index (χ1) is 9.28. The highest BCUT2D eigenvalue weighted by atomic mass is 16.5. The van der Waals surface area contributed by atoms with E-state index in [1.807, 2.05) is 6.07 Å². The first-order valence-electron chi connectivity index (χ1n) is 6.52. The molecule has 0 radical (unpaired) electrons. The predicted molar refractivity (Wildman–Crippen MR) is 68.8 cm³/mol. The molecule has 0 saturated carbocycles. The van der Waals surface area contributed by atoms with E-state index in [0.29, 0.717) is 11.7 Å². The summed E-state index contributed by atoms with van der Waals surface area (Å²) < 4.78 is 11.0. The molecule has 2 atom stereocenters. The number of aromatic nitrogens is 2. The van der Waals surface area contributed by atoms with Crippen LogP contribution in [0.1, 0.15) is 31.6 Å². The van der Waals surface area contributed by atoms with Gasteiger partial charge in [-0.1, -0.05) is 24.2 Å². The molecule has 1 aromatic carbocycles.